The predicted molar refractivity (Wildman–Crippen MR) is 101 cm³/mol. The molecule has 0 saturated carbocycles. The van der Waals surface area contributed by atoms with E-state index < -0.39 is 15.8 Å². The Morgan fingerprint density at radius 3 is 2.46 bits per heavy atom. The molecule has 0 atom stereocenters. The first-order valence-corrected chi connectivity index (χ1v) is 10.1. The van der Waals surface area contributed by atoms with Crippen LogP contribution in [-0.2, 0) is 14.8 Å². The van der Waals surface area contributed by atoms with Gasteiger partial charge in [-0.05, 0) is 37.9 Å². The van der Waals surface area contributed by atoms with Gasteiger partial charge in [0.25, 0.3) is 0 Å². The first kappa shape index (κ1) is 22.8. The first-order valence-electron chi connectivity index (χ1n) is 8.70. The zero-order chi connectivity index (χ0) is 18.3. The lowest BCUT2D eigenvalue weighted by atomic mass is 9.97. The summed E-state index contributed by atoms with van der Waals surface area (Å²) in [5.74, 6) is -0.985. The maximum absolute atomic E-state index is 13.8. The van der Waals surface area contributed by atoms with Gasteiger partial charge in [0.2, 0.25) is 15.9 Å². The molecule has 148 valence electrons. The highest BCUT2D eigenvalue weighted by molar-refractivity contribution is 7.89. The molecule has 0 spiro atoms. The third kappa shape index (κ3) is 5.90. The number of nitrogens with one attached hydrogen (secondary N) is 2. The quantitative estimate of drug-likeness (QED) is 0.644. The van der Waals surface area contributed by atoms with E-state index in [-0.39, 0.29) is 42.2 Å². The van der Waals surface area contributed by atoms with Crippen LogP contribution in [0.3, 0.4) is 0 Å². The fourth-order valence-corrected chi connectivity index (χ4v) is 4.41. The maximum atomic E-state index is 13.8. The van der Waals surface area contributed by atoms with Crippen molar-refractivity contribution < 1.29 is 17.6 Å². The molecule has 2 rings (SSSR count). The number of carbonyl (C=O) groups excluding carboxylic acids is 1. The van der Waals surface area contributed by atoms with Crippen LogP contribution in [0, 0.1) is 11.7 Å². The second-order valence-electron chi connectivity index (χ2n) is 6.15. The van der Waals surface area contributed by atoms with Crippen LogP contribution in [0.5, 0.6) is 0 Å². The second-order valence-corrected chi connectivity index (χ2v) is 8.06. The largest absolute Gasteiger partial charge is 0.355 e. The highest BCUT2D eigenvalue weighted by Crippen LogP contribution is 2.25. The normalized spacial score (nSPS) is 16.1. The fraction of sp³-hybridized carbons (Fsp3) is 0.588. The number of amides is 1. The van der Waals surface area contributed by atoms with Crippen LogP contribution in [-0.4, -0.2) is 51.4 Å². The molecule has 0 aromatic heterocycles. The van der Waals surface area contributed by atoms with E-state index in [0.29, 0.717) is 19.4 Å². The van der Waals surface area contributed by atoms with E-state index in [0.717, 1.165) is 25.6 Å². The molecule has 6 nitrogen and oxygen atoms in total. The minimum Gasteiger partial charge on any atom is -0.355 e. The Morgan fingerprint density at radius 2 is 1.85 bits per heavy atom. The van der Waals surface area contributed by atoms with Crippen LogP contribution in [0.25, 0.3) is 0 Å². The molecule has 1 aliphatic heterocycles. The number of nitrogens with zero attached hydrogens (tertiary/aromatic N) is 1. The van der Waals surface area contributed by atoms with Crippen molar-refractivity contribution in [2.24, 2.45) is 5.92 Å². The van der Waals surface area contributed by atoms with Crippen LogP contribution >= 0.6 is 12.4 Å². The van der Waals surface area contributed by atoms with E-state index in [1.165, 1.54) is 22.5 Å². The van der Waals surface area contributed by atoms with Crippen LogP contribution in [0.4, 0.5) is 4.39 Å². The Labute approximate surface area is 161 Å². The SMILES string of the molecule is CCCNCCNC(=O)C1CCN(S(=O)(=O)c2ccccc2F)CC1.Cl. The lowest BCUT2D eigenvalue weighted by Crippen LogP contribution is -2.44. The van der Waals surface area contributed by atoms with Gasteiger partial charge in [-0.1, -0.05) is 19.1 Å². The molecule has 1 amide bonds. The summed E-state index contributed by atoms with van der Waals surface area (Å²) in [4.78, 5) is 11.8. The van der Waals surface area contributed by atoms with Crippen molar-refractivity contribution in [1.29, 1.82) is 0 Å². The van der Waals surface area contributed by atoms with Crippen molar-refractivity contribution in [1.82, 2.24) is 14.9 Å². The zero-order valence-electron chi connectivity index (χ0n) is 14.9. The molecule has 26 heavy (non-hydrogen) atoms. The number of sulfonamides is 1. The third-order valence-electron chi connectivity index (χ3n) is 4.31. The Bertz CT molecular complexity index is 680. The van der Waals surface area contributed by atoms with Crippen molar-refractivity contribution in [2.45, 2.75) is 31.1 Å². The van der Waals surface area contributed by atoms with Gasteiger partial charge in [0, 0.05) is 32.1 Å². The number of hydrogen-bond donors (Lipinski definition) is 2. The molecule has 1 aromatic rings. The first-order chi connectivity index (χ1) is 12.0. The summed E-state index contributed by atoms with van der Waals surface area (Å²) >= 11 is 0. The van der Waals surface area contributed by atoms with E-state index in [4.69, 9.17) is 0 Å². The summed E-state index contributed by atoms with van der Waals surface area (Å²) in [6.07, 6.45) is 1.94. The van der Waals surface area contributed by atoms with E-state index in [9.17, 15) is 17.6 Å². The van der Waals surface area contributed by atoms with E-state index in [2.05, 4.69) is 17.6 Å². The summed E-state index contributed by atoms with van der Waals surface area (Å²) < 4.78 is 40.1. The van der Waals surface area contributed by atoms with Gasteiger partial charge in [0.1, 0.15) is 10.7 Å². The standard InChI is InChI=1S/C17H26FN3O3S.ClH/c1-2-9-19-10-11-20-17(22)14-7-12-21(13-8-14)25(23,24)16-6-4-3-5-15(16)18;/h3-6,14,19H,2,7-13H2,1H3,(H,20,22);1H. The fourth-order valence-electron chi connectivity index (χ4n) is 2.87. The number of piperidine rings is 1. The minimum atomic E-state index is -3.85. The highest BCUT2D eigenvalue weighted by atomic mass is 35.5. The molecule has 1 aliphatic rings. The molecule has 1 saturated heterocycles. The smallest absolute Gasteiger partial charge is 0.245 e. The molecular formula is C17H27ClFN3O3S. The monoisotopic (exact) mass is 407 g/mol. The van der Waals surface area contributed by atoms with Crippen LogP contribution in [0.15, 0.2) is 29.2 Å². The average Bonchev–Trinajstić information content (AvgIpc) is 2.61. The van der Waals surface area contributed by atoms with Crippen LogP contribution < -0.4 is 10.6 Å². The highest BCUT2D eigenvalue weighted by Gasteiger charge is 2.33. The number of carbonyl (C=O) groups is 1. The molecule has 1 aromatic carbocycles. The summed E-state index contributed by atoms with van der Waals surface area (Å²) in [6.45, 7) is 4.73. The van der Waals surface area contributed by atoms with E-state index in [1.54, 1.807) is 0 Å². The number of halogens is 2. The predicted octanol–water partition coefficient (Wildman–Crippen LogP) is 1.76. The van der Waals surface area contributed by atoms with Crippen molar-refractivity contribution in [2.75, 3.05) is 32.7 Å². The summed E-state index contributed by atoms with van der Waals surface area (Å²) in [5.41, 5.74) is 0. The topological polar surface area (TPSA) is 78.5 Å². The Hall–Kier alpha value is -1.22. The number of hydrogen-bond acceptors (Lipinski definition) is 4. The zero-order valence-corrected chi connectivity index (χ0v) is 16.5. The molecular weight excluding hydrogens is 381 g/mol. The Kier molecular flexibility index (Phi) is 9.49. The molecule has 1 heterocycles. The molecule has 0 aliphatic carbocycles. The van der Waals surface area contributed by atoms with Gasteiger partial charge < -0.3 is 10.6 Å². The van der Waals surface area contributed by atoms with Gasteiger partial charge in [-0.25, -0.2) is 12.8 Å². The van der Waals surface area contributed by atoms with E-state index >= 15 is 0 Å². The molecule has 9 heteroatoms. The summed E-state index contributed by atoms with van der Waals surface area (Å²) in [5, 5.41) is 6.08. The van der Waals surface area contributed by atoms with Crippen LogP contribution in [0.1, 0.15) is 26.2 Å². The second kappa shape index (κ2) is 10.8. The molecule has 0 bridgehead atoms. The van der Waals surface area contributed by atoms with Crippen molar-refractivity contribution in [3.8, 4) is 0 Å². The lowest BCUT2D eigenvalue weighted by Gasteiger charge is -2.30. The van der Waals surface area contributed by atoms with Gasteiger partial charge in [0.05, 0.1) is 0 Å². The lowest BCUT2D eigenvalue weighted by molar-refractivity contribution is -0.126. The van der Waals surface area contributed by atoms with Crippen molar-refractivity contribution in [3.05, 3.63) is 30.1 Å². The Balaban J connectivity index is 0.00000338. The molecule has 0 radical (unpaired) electrons. The number of benzene rings is 1. The van der Waals surface area contributed by atoms with Crippen molar-refractivity contribution in [3.63, 3.8) is 0 Å². The Morgan fingerprint density at radius 1 is 1.19 bits per heavy atom. The number of rotatable bonds is 8. The van der Waals surface area contributed by atoms with Gasteiger partial charge in [0.15, 0.2) is 0 Å². The summed E-state index contributed by atoms with van der Waals surface area (Å²) in [6, 6.07) is 5.37. The van der Waals surface area contributed by atoms with Crippen molar-refractivity contribution >= 4 is 28.3 Å². The maximum Gasteiger partial charge on any atom is 0.245 e. The van der Waals surface area contributed by atoms with Crippen LogP contribution in [0.2, 0.25) is 0 Å². The van der Waals surface area contributed by atoms with Gasteiger partial charge in [-0.15, -0.1) is 12.4 Å². The van der Waals surface area contributed by atoms with Gasteiger partial charge in [-0.3, -0.25) is 4.79 Å². The minimum absolute atomic E-state index is 0. The van der Waals surface area contributed by atoms with E-state index in [1.807, 2.05) is 0 Å². The molecule has 2 N–H and O–H groups in total. The average molecular weight is 408 g/mol. The summed E-state index contributed by atoms with van der Waals surface area (Å²) in [7, 11) is -3.85. The van der Waals surface area contributed by atoms with Gasteiger partial charge >= 0.3 is 0 Å². The molecule has 1 fully saturated rings. The molecule has 0 unspecified atom stereocenters. The third-order valence-corrected chi connectivity index (χ3v) is 6.24. The van der Waals surface area contributed by atoms with Gasteiger partial charge in [-0.2, -0.15) is 4.31 Å².